The number of para-hydroxylation sites is 2. The van der Waals surface area contributed by atoms with Gasteiger partial charge in [-0.3, -0.25) is 0 Å². The van der Waals surface area contributed by atoms with Gasteiger partial charge in [0.05, 0.1) is 44.3 Å². The molecule has 138 valence electrons. The lowest BCUT2D eigenvalue weighted by Crippen LogP contribution is -3.11. The largest absolute Gasteiger partial charge is 0.497 e. The summed E-state index contributed by atoms with van der Waals surface area (Å²) in [5.74, 6) is 1.81. The minimum atomic E-state index is 0.721. The highest BCUT2D eigenvalue weighted by Crippen LogP contribution is 2.20. The van der Waals surface area contributed by atoms with Crippen molar-refractivity contribution in [1.82, 2.24) is 9.55 Å². The molecular weight excluding hydrogens is 324 g/mol. The van der Waals surface area contributed by atoms with Crippen molar-refractivity contribution in [1.29, 1.82) is 0 Å². The molecule has 0 amide bonds. The monoisotopic (exact) mass is 353 g/mol. The Morgan fingerprint density at radius 3 is 2.65 bits per heavy atom. The number of fused-ring (bicyclic) bond motifs is 1. The zero-order chi connectivity index (χ0) is 18.4. The van der Waals surface area contributed by atoms with E-state index in [-0.39, 0.29) is 0 Å². The molecule has 5 nitrogen and oxygen atoms in total. The normalized spacial score (nSPS) is 11.2. The SMILES string of the molecule is CC[NH+](CC)CCn1c(NCc2cccc(OC)c2)nc2ccccc21. The summed E-state index contributed by atoms with van der Waals surface area (Å²) in [5.41, 5.74) is 3.40. The highest BCUT2D eigenvalue weighted by atomic mass is 16.5. The van der Waals surface area contributed by atoms with Gasteiger partial charge in [-0.2, -0.15) is 0 Å². The molecule has 0 saturated carbocycles. The first-order valence-electron chi connectivity index (χ1n) is 9.40. The van der Waals surface area contributed by atoms with E-state index in [1.807, 2.05) is 18.2 Å². The number of aromatic nitrogens is 2. The fourth-order valence-electron chi connectivity index (χ4n) is 3.27. The second kappa shape index (κ2) is 8.72. The predicted molar refractivity (Wildman–Crippen MR) is 107 cm³/mol. The van der Waals surface area contributed by atoms with Crippen molar-refractivity contribution < 1.29 is 9.64 Å². The van der Waals surface area contributed by atoms with Crippen molar-refractivity contribution in [3.8, 4) is 5.75 Å². The third-order valence-electron chi connectivity index (χ3n) is 4.93. The van der Waals surface area contributed by atoms with Crippen LogP contribution in [-0.4, -0.2) is 36.3 Å². The minimum absolute atomic E-state index is 0.721. The molecule has 0 atom stereocenters. The number of methoxy groups -OCH3 is 1. The van der Waals surface area contributed by atoms with E-state index in [0.717, 1.165) is 49.9 Å². The number of nitrogens with zero attached hydrogens (tertiary/aromatic N) is 2. The van der Waals surface area contributed by atoms with E-state index in [1.54, 1.807) is 12.0 Å². The third-order valence-corrected chi connectivity index (χ3v) is 4.93. The van der Waals surface area contributed by atoms with Crippen LogP contribution in [0.15, 0.2) is 48.5 Å². The zero-order valence-electron chi connectivity index (χ0n) is 16.0. The van der Waals surface area contributed by atoms with E-state index in [1.165, 1.54) is 11.1 Å². The Bertz CT molecular complexity index is 839. The summed E-state index contributed by atoms with van der Waals surface area (Å²) in [7, 11) is 1.70. The summed E-state index contributed by atoms with van der Waals surface area (Å²) in [5, 5.41) is 3.52. The lowest BCUT2D eigenvalue weighted by Gasteiger charge is -2.17. The Morgan fingerprint density at radius 2 is 1.88 bits per heavy atom. The maximum Gasteiger partial charge on any atom is 0.204 e. The molecule has 1 heterocycles. The van der Waals surface area contributed by atoms with Gasteiger partial charge in [0.2, 0.25) is 5.95 Å². The molecule has 0 unspecified atom stereocenters. The molecule has 3 rings (SSSR count). The van der Waals surface area contributed by atoms with Crippen LogP contribution in [0.25, 0.3) is 11.0 Å². The number of nitrogens with one attached hydrogen (secondary N) is 2. The summed E-state index contributed by atoms with van der Waals surface area (Å²) >= 11 is 0. The van der Waals surface area contributed by atoms with E-state index in [2.05, 4.69) is 54.1 Å². The highest BCUT2D eigenvalue weighted by molar-refractivity contribution is 5.78. The Balaban J connectivity index is 1.81. The summed E-state index contributed by atoms with van der Waals surface area (Å²) in [4.78, 5) is 6.41. The highest BCUT2D eigenvalue weighted by Gasteiger charge is 2.12. The summed E-state index contributed by atoms with van der Waals surface area (Å²) in [6, 6.07) is 16.5. The van der Waals surface area contributed by atoms with Crippen LogP contribution in [0.2, 0.25) is 0 Å². The minimum Gasteiger partial charge on any atom is -0.497 e. The van der Waals surface area contributed by atoms with Crippen LogP contribution in [0.3, 0.4) is 0 Å². The molecule has 0 fully saturated rings. The number of hydrogen-bond donors (Lipinski definition) is 2. The predicted octanol–water partition coefficient (Wildman–Crippen LogP) is 2.58. The van der Waals surface area contributed by atoms with Gasteiger partial charge in [-0.1, -0.05) is 24.3 Å². The molecular formula is C21H29N4O+. The first kappa shape index (κ1) is 18.3. The second-order valence-corrected chi connectivity index (χ2v) is 6.49. The first-order chi connectivity index (χ1) is 12.7. The van der Waals surface area contributed by atoms with Crippen molar-refractivity contribution >= 4 is 17.0 Å². The van der Waals surface area contributed by atoms with Crippen LogP contribution < -0.4 is 15.0 Å². The zero-order valence-corrected chi connectivity index (χ0v) is 16.0. The van der Waals surface area contributed by atoms with Crippen LogP contribution in [0.1, 0.15) is 19.4 Å². The molecule has 0 aliphatic carbocycles. The number of quaternary nitrogens is 1. The summed E-state index contributed by atoms with van der Waals surface area (Å²) in [6.07, 6.45) is 0. The van der Waals surface area contributed by atoms with Crippen LogP contribution >= 0.6 is 0 Å². The smallest absolute Gasteiger partial charge is 0.204 e. The van der Waals surface area contributed by atoms with Crippen molar-refractivity contribution in [2.45, 2.75) is 26.9 Å². The fraction of sp³-hybridized carbons (Fsp3) is 0.381. The Hall–Kier alpha value is -2.53. The van der Waals surface area contributed by atoms with Crippen molar-refractivity contribution in [3.63, 3.8) is 0 Å². The van der Waals surface area contributed by atoms with E-state index in [0.29, 0.717) is 0 Å². The molecule has 0 bridgehead atoms. The average Bonchev–Trinajstić information content (AvgIpc) is 3.05. The summed E-state index contributed by atoms with van der Waals surface area (Å²) < 4.78 is 7.62. The number of ether oxygens (including phenoxy) is 1. The molecule has 3 aromatic rings. The standard InChI is InChI=1S/C21H28N4O/c1-4-24(5-2)13-14-25-20-12-7-6-11-19(20)23-21(25)22-16-17-9-8-10-18(15-17)26-3/h6-12,15H,4-5,13-14,16H2,1-3H3,(H,22,23)/p+1. The molecule has 0 spiro atoms. The van der Waals surface area contributed by atoms with Gasteiger partial charge in [0.25, 0.3) is 0 Å². The van der Waals surface area contributed by atoms with Crippen LogP contribution in [0.4, 0.5) is 5.95 Å². The van der Waals surface area contributed by atoms with Gasteiger partial charge in [-0.15, -0.1) is 0 Å². The number of likely N-dealkylation sites (N-methyl/N-ethyl adjacent to an activating group) is 1. The van der Waals surface area contributed by atoms with Gasteiger partial charge in [-0.05, 0) is 43.7 Å². The Morgan fingerprint density at radius 1 is 1.08 bits per heavy atom. The van der Waals surface area contributed by atoms with Crippen LogP contribution in [0.5, 0.6) is 5.75 Å². The topological polar surface area (TPSA) is 43.5 Å². The van der Waals surface area contributed by atoms with Crippen LogP contribution in [0, 0.1) is 0 Å². The van der Waals surface area contributed by atoms with Gasteiger partial charge in [-0.25, -0.2) is 4.98 Å². The van der Waals surface area contributed by atoms with Gasteiger partial charge < -0.3 is 19.5 Å². The van der Waals surface area contributed by atoms with Gasteiger partial charge in [0, 0.05) is 6.54 Å². The lowest BCUT2D eigenvalue weighted by molar-refractivity contribution is -0.897. The van der Waals surface area contributed by atoms with Crippen molar-refractivity contribution in [2.24, 2.45) is 0 Å². The Kier molecular flexibility index (Phi) is 6.12. The van der Waals surface area contributed by atoms with Gasteiger partial charge in [0.1, 0.15) is 5.75 Å². The third kappa shape index (κ3) is 4.17. The molecule has 0 radical (unpaired) electrons. The molecule has 2 aromatic carbocycles. The van der Waals surface area contributed by atoms with Crippen molar-refractivity contribution in [2.75, 3.05) is 32.1 Å². The lowest BCUT2D eigenvalue weighted by atomic mass is 10.2. The maximum absolute atomic E-state index is 5.32. The summed E-state index contributed by atoms with van der Waals surface area (Å²) in [6.45, 7) is 9.56. The number of rotatable bonds is 9. The van der Waals surface area contributed by atoms with Gasteiger partial charge in [0.15, 0.2) is 0 Å². The maximum atomic E-state index is 5.32. The van der Waals surface area contributed by atoms with Crippen molar-refractivity contribution in [3.05, 3.63) is 54.1 Å². The van der Waals surface area contributed by atoms with E-state index in [4.69, 9.17) is 9.72 Å². The molecule has 0 aliphatic heterocycles. The second-order valence-electron chi connectivity index (χ2n) is 6.49. The molecule has 0 saturated heterocycles. The number of anilines is 1. The average molecular weight is 353 g/mol. The molecule has 0 aliphatic rings. The quantitative estimate of drug-likeness (QED) is 0.621. The molecule has 2 N–H and O–H groups in total. The van der Waals surface area contributed by atoms with Gasteiger partial charge >= 0.3 is 0 Å². The first-order valence-corrected chi connectivity index (χ1v) is 9.40. The van der Waals surface area contributed by atoms with E-state index < -0.39 is 0 Å². The molecule has 26 heavy (non-hydrogen) atoms. The number of imidazole rings is 1. The van der Waals surface area contributed by atoms with E-state index in [9.17, 15) is 0 Å². The van der Waals surface area contributed by atoms with E-state index >= 15 is 0 Å². The fourth-order valence-corrected chi connectivity index (χ4v) is 3.27. The molecule has 5 heteroatoms. The number of hydrogen-bond acceptors (Lipinski definition) is 3. The molecule has 1 aromatic heterocycles. The number of benzene rings is 2. The van der Waals surface area contributed by atoms with Crippen LogP contribution in [-0.2, 0) is 13.1 Å². The Labute approximate surface area is 155 Å².